The molecule has 0 aliphatic carbocycles. The van der Waals surface area contributed by atoms with E-state index < -0.39 is 23.7 Å². The number of methoxy groups -OCH3 is 1. The molecule has 0 saturated carbocycles. The second-order valence-electron chi connectivity index (χ2n) is 8.48. The Labute approximate surface area is 202 Å². The summed E-state index contributed by atoms with van der Waals surface area (Å²) >= 11 is 0. The van der Waals surface area contributed by atoms with Crippen molar-refractivity contribution in [3.8, 4) is 5.75 Å². The van der Waals surface area contributed by atoms with Gasteiger partial charge >= 0.3 is 5.69 Å². The Bertz CT molecular complexity index is 1480. The summed E-state index contributed by atoms with van der Waals surface area (Å²) in [5, 5.41) is 2.89. The normalized spacial score (nSPS) is 12.0. The quantitative estimate of drug-likeness (QED) is 0.422. The standard InChI is InChI=1S/C26H29N5O4/c1-5-29-16-27-24-23(29)25(33)31(26(34)30(24)14-19-9-7-6-8-10-19)15-22(32)28-18(3)20-13-17(2)11-12-21(20)35-4/h6-13,16,18H,5,14-15H2,1-4H3,(H,28,32)/t18-/m0/s1. The zero-order valence-electron chi connectivity index (χ0n) is 20.3. The van der Waals surface area contributed by atoms with Gasteiger partial charge in [0.25, 0.3) is 5.56 Å². The average Bonchev–Trinajstić information content (AvgIpc) is 3.29. The first-order valence-corrected chi connectivity index (χ1v) is 11.5. The van der Waals surface area contributed by atoms with Crippen molar-refractivity contribution in [2.45, 2.75) is 46.4 Å². The smallest absolute Gasteiger partial charge is 0.333 e. The maximum absolute atomic E-state index is 13.4. The molecule has 0 aliphatic heterocycles. The lowest BCUT2D eigenvalue weighted by Crippen LogP contribution is -2.44. The number of ether oxygens (including phenoxy) is 1. The number of imidazole rings is 1. The van der Waals surface area contributed by atoms with E-state index in [1.165, 1.54) is 4.57 Å². The van der Waals surface area contributed by atoms with Crippen molar-refractivity contribution in [3.63, 3.8) is 0 Å². The molecule has 1 amide bonds. The average molecular weight is 476 g/mol. The van der Waals surface area contributed by atoms with Crippen LogP contribution in [0.15, 0.2) is 64.4 Å². The predicted octanol–water partition coefficient (Wildman–Crippen LogP) is 2.62. The van der Waals surface area contributed by atoms with Gasteiger partial charge in [-0.1, -0.05) is 48.0 Å². The van der Waals surface area contributed by atoms with Gasteiger partial charge in [0, 0.05) is 12.1 Å². The summed E-state index contributed by atoms with van der Waals surface area (Å²) in [5.41, 5.74) is 2.21. The van der Waals surface area contributed by atoms with E-state index in [1.54, 1.807) is 18.0 Å². The number of benzene rings is 2. The number of fused-ring (bicyclic) bond motifs is 1. The van der Waals surface area contributed by atoms with Gasteiger partial charge in [0.05, 0.1) is 26.0 Å². The number of hydrogen-bond acceptors (Lipinski definition) is 5. The van der Waals surface area contributed by atoms with Crippen LogP contribution in [0, 0.1) is 6.92 Å². The molecular formula is C26H29N5O4. The zero-order valence-corrected chi connectivity index (χ0v) is 20.3. The van der Waals surface area contributed by atoms with E-state index in [4.69, 9.17) is 4.74 Å². The molecular weight excluding hydrogens is 446 g/mol. The van der Waals surface area contributed by atoms with Crippen molar-refractivity contribution in [1.82, 2.24) is 24.0 Å². The second kappa shape index (κ2) is 10.0. The maximum atomic E-state index is 13.4. The Balaban J connectivity index is 1.71. The van der Waals surface area contributed by atoms with Crippen molar-refractivity contribution in [3.05, 3.63) is 92.4 Å². The van der Waals surface area contributed by atoms with Crippen molar-refractivity contribution in [1.29, 1.82) is 0 Å². The van der Waals surface area contributed by atoms with E-state index in [0.717, 1.165) is 21.3 Å². The summed E-state index contributed by atoms with van der Waals surface area (Å²) in [6, 6.07) is 14.8. The second-order valence-corrected chi connectivity index (χ2v) is 8.48. The van der Waals surface area contributed by atoms with Gasteiger partial charge in [0.2, 0.25) is 5.91 Å². The van der Waals surface area contributed by atoms with Crippen LogP contribution in [0.25, 0.3) is 11.2 Å². The first-order chi connectivity index (χ1) is 16.8. The Kier molecular flexibility index (Phi) is 6.86. The number of carbonyl (C=O) groups is 1. The highest BCUT2D eigenvalue weighted by Gasteiger charge is 2.21. The monoisotopic (exact) mass is 475 g/mol. The van der Waals surface area contributed by atoms with E-state index in [1.807, 2.05) is 69.3 Å². The van der Waals surface area contributed by atoms with Crippen molar-refractivity contribution < 1.29 is 9.53 Å². The summed E-state index contributed by atoms with van der Waals surface area (Å²) in [6.45, 7) is 6.01. The molecule has 0 radical (unpaired) electrons. The molecule has 4 rings (SSSR count). The van der Waals surface area contributed by atoms with Gasteiger partial charge in [-0.3, -0.25) is 14.2 Å². The summed E-state index contributed by atoms with van der Waals surface area (Å²) in [7, 11) is 1.57. The molecule has 1 atom stereocenters. The van der Waals surface area contributed by atoms with E-state index in [2.05, 4.69) is 10.3 Å². The molecule has 0 bridgehead atoms. The van der Waals surface area contributed by atoms with Crippen LogP contribution in [0.3, 0.4) is 0 Å². The lowest BCUT2D eigenvalue weighted by molar-refractivity contribution is -0.122. The molecule has 0 aliphatic rings. The fraction of sp³-hybridized carbons (Fsp3) is 0.308. The Morgan fingerprint density at radius 2 is 1.86 bits per heavy atom. The molecule has 4 aromatic rings. The van der Waals surface area contributed by atoms with Crippen molar-refractivity contribution >= 4 is 17.1 Å². The molecule has 9 heteroatoms. The van der Waals surface area contributed by atoms with Crippen LogP contribution in [-0.2, 0) is 24.4 Å². The third-order valence-corrected chi connectivity index (χ3v) is 6.04. The summed E-state index contributed by atoms with van der Waals surface area (Å²) in [4.78, 5) is 44.1. The molecule has 2 aromatic carbocycles. The molecule has 182 valence electrons. The van der Waals surface area contributed by atoms with Gasteiger partial charge in [0.1, 0.15) is 12.3 Å². The number of hydrogen-bond donors (Lipinski definition) is 1. The SMILES string of the molecule is CCn1cnc2c1c(=O)n(CC(=O)N[C@@H](C)c1cc(C)ccc1OC)c(=O)n2Cc1ccccc1. The summed E-state index contributed by atoms with van der Waals surface area (Å²) < 4.78 is 9.54. The van der Waals surface area contributed by atoms with Gasteiger partial charge in [-0.15, -0.1) is 0 Å². The van der Waals surface area contributed by atoms with Crippen LogP contribution in [0.5, 0.6) is 5.75 Å². The number of amides is 1. The maximum Gasteiger partial charge on any atom is 0.333 e. The largest absolute Gasteiger partial charge is 0.496 e. The van der Waals surface area contributed by atoms with Crippen molar-refractivity contribution in [2.24, 2.45) is 0 Å². The first kappa shape index (κ1) is 24.0. The molecule has 2 aromatic heterocycles. The lowest BCUT2D eigenvalue weighted by atomic mass is 10.0. The third kappa shape index (κ3) is 4.75. The highest BCUT2D eigenvalue weighted by atomic mass is 16.5. The predicted molar refractivity (Wildman–Crippen MR) is 134 cm³/mol. The minimum absolute atomic E-state index is 0.232. The van der Waals surface area contributed by atoms with Crippen LogP contribution in [0.1, 0.15) is 36.6 Å². The fourth-order valence-corrected chi connectivity index (χ4v) is 4.23. The van der Waals surface area contributed by atoms with Crippen LogP contribution >= 0.6 is 0 Å². The number of aryl methyl sites for hydroxylation is 2. The molecule has 35 heavy (non-hydrogen) atoms. The number of rotatable bonds is 8. The number of aromatic nitrogens is 4. The molecule has 0 saturated heterocycles. The highest BCUT2D eigenvalue weighted by Crippen LogP contribution is 2.26. The third-order valence-electron chi connectivity index (χ3n) is 6.04. The number of carbonyl (C=O) groups excluding carboxylic acids is 1. The molecule has 0 unspecified atom stereocenters. The van der Waals surface area contributed by atoms with Gasteiger partial charge in [0.15, 0.2) is 11.2 Å². The van der Waals surface area contributed by atoms with Gasteiger partial charge < -0.3 is 14.6 Å². The number of nitrogens with one attached hydrogen (secondary N) is 1. The van der Waals surface area contributed by atoms with Gasteiger partial charge in [-0.05, 0) is 32.4 Å². The molecule has 9 nitrogen and oxygen atoms in total. The van der Waals surface area contributed by atoms with E-state index in [0.29, 0.717) is 23.5 Å². The van der Waals surface area contributed by atoms with E-state index in [-0.39, 0.29) is 12.6 Å². The molecule has 1 N–H and O–H groups in total. The minimum atomic E-state index is -0.580. The van der Waals surface area contributed by atoms with Gasteiger partial charge in [-0.2, -0.15) is 0 Å². The molecule has 2 heterocycles. The Hall–Kier alpha value is -4.14. The number of nitrogens with zero attached hydrogens (tertiary/aromatic N) is 4. The zero-order chi connectivity index (χ0) is 25.1. The van der Waals surface area contributed by atoms with Crippen LogP contribution in [-0.4, -0.2) is 31.7 Å². The summed E-state index contributed by atoms with van der Waals surface area (Å²) in [6.07, 6.45) is 1.55. The van der Waals surface area contributed by atoms with Crippen molar-refractivity contribution in [2.75, 3.05) is 7.11 Å². The fourth-order valence-electron chi connectivity index (χ4n) is 4.23. The van der Waals surface area contributed by atoms with E-state index in [9.17, 15) is 14.4 Å². The van der Waals surface area contributed by atoms with Crippen LogP contribution in [0.4, 0.5) is 0 Å². The Morgan fingerprint density at radius 3 is 2.54 bits per heavy atom. The lowest BCUT2D eigenvalue weighted by Gasteiger charge is -2.18. The van der Waals surface area contributed by atoms with Crippen LogP contribution in [0.2, 0.25) is 0 Å². The van der Waals surface area contributed by atoms with Gasteiger partial charge in [-0.25, -0.2) is 14.3 Å². The van der Waals surface area contributed by atoms with E-state index >= 15 is 0 Å². The minimum Gasteiger partial charge on any atom is -0.496 e. The molecule has 0 fully saturated rings. The summed E-state index contributed by atoms with van der Waals surface area (Å²) in [5.74, 6) is 0.201. The Morgan fingerprint density at radius 1 is 1.11 bits per heavy atom. The van der Waals surface area contributed by atoms with Crippen LogP contribution < -0.4 is 21.3 Å². The highest BCUT2D eigenvalue weighted by molar-refractivity contribution is 5.77. The topological polar surface area (TPSA) is 100 Å². The first-order valence-electron chi connectivity index (χ1n) is 11.5. The molecule has 0 spiro atoms.